The summed E-state index contributed by atoms with van der Waals surface area (Å²) in [6.45, 7) is 10.9. The topological polar surface area (TPSA) is 54.4 Å². The number of hydrogen-bond acceptors (Lipinski definition) is 3. The molecule has 0 bridgehead atoms. The fourth-order valence-corrected chi connectivity index (χ4v) is 8.37. The number of hydrogen-bond donors (Lipinski definition) is 1. The third-order valence-corrected chi connectivity index (χ3v) is 9.85. The van der Waals surface area contributed by atoms with Crippen molar-refractivity contribution in [3.05, 3.63) is 12.2 Å². The highest BCUT2D eigenvalue weighted by molar-refractivity contribution is 5.94. The first-order chi connectivity index (χ1) is 14.0. The lowest BCUT2D eigenvalue weighted by Gasteiger charge is -2.58. The molecule has 0 saturated heterocycles. The van der Waals surface area contributed by atoms with Gasteiger partial charge in [-0.3, -0.25) is 9.59 Å². The molecule has 168 valence electrons. The third kappa shape index (κ3) is 3.34. The second-order valence-corrected chi connectivity index (χ2v) is 12.2. The zero-order chi connectivity index (χ0) is 21.9. The Morgan fingerprint density at radius 2 is 1.90 bits per heavy atom. The van der Waals surface area contributed by atoms with Crippen molar-refractivity contribution < 1.29 is 14.7 Å². The fourth-order valence-electron chi connectivity index (χ4n) is 8.37. The summed E-state index contributed by atoms with van der Waals surface area (Å²) in [4.78, 5) is 27.1. The lowest BCUT2D eigenvalue weighted by Crippen LogP contribution is -2.60. The van der Waals surface area contributed by atoms with Crippen molar-refractivity contribution in [3.8, 4) is 0 Å². The number of rotatable bonds is 5. The molecular weight excluding hydrogens is 372 g/mol. The van der Waals surface area contributed by atoms with Gasteiger partial charge in [-0.15, -0.1) is 0 Å². The molecule has 0 aromatic carbocycles. The summed E-state index contributed by atoms with van der Waals surface area (Å²) in [5, 5.41) is 11.5. The smallest absolute Gasteiger partial charge is 0.138 e. The molecule has 0 heterocycles. The molecule has 3 nitrogen and oxygen atoms in total. The number of fused-ring (bicyclic) bond motifs is 5. The summed E-state index contributed by atoms with van der Waals surface area (Å²) in [6.07, 6.45) is 12.6. The molecule has 0 amide bonds. The molecule has 0 radical (unpaired) electrons. The van der Waals surface area contributed by atoms with Gasteiger partial charge in [0.25, 0.3) is 0 Å². The maximum atomic E-state index is 13.7. The van der Waals surface area contributed by atoms with Crippen molar-refractivity contribution in [2.24, 2.45) is 46.3 Å². The first-order valence-corrected chi connectivity index (χ1v) is 12.5. The Balaban J connectivity index is 1.63. The average molecular weight is 415 g/mol. The van der Waals surface area contributed by atoms with E-state index in [4.69, 9.17) is 0 Å². The fraction of sp³-hybridized carbons (Fsp3) is 0.852. The number of Topliss-reactive ketones (excluding diaryl/α,β-unsaturated/α-hetero) is 2. The van der Waals surface area contributed by atoms with E-state index in [1.807, 2.05) is 6.92 Å². The van der Waals surface area contributed by atoms with E-state index in [0.717, 1.165) is 44.9 Å². The second kappa shape index (κ2) is 7.57. The molecule has 3 fully saturated rings. The highest BCUT2D eigenvalue weighted by Crippen LogP contribution is 2.66. The predicted octanol–water partition coefficient (Wildman–Crippen LogP) is 5.75. The molecule has 3 saturated carbocycles. The summed E-state index contributed by atoms with van der Waals surface area (Å²) in [5.41, 5.74) is -1.18. The van der Waals surface area contributed by atoms with Crippen LogP contribution in [0, 0.1) is 46.3 Å². The van der Waals surface area contributed by atoms with Gasteiger partial charge in [-0.05, 0) is 73.5 Å². The Kier molecular flexibility index (Phi) is 5.61. The maximum Gasteiger partial charge on any atom is 0.138 e. The Bertz CT molecular complexity index is 734. The van der Waals surface area contributed by atoms with E-state index in [1.165, 1.54) is 0 Å². The molecule has 0 spiro atoms. The average Bonchev–Trinajstić information content (AvgIpc) is 2.98. The van der Waals surface area contributed by atoms with Crippen molar-refractivity contribution in [1.82, 2.24) is 0 Å². The molecule has 0 aromatic heterocycles. The van der Waals surface area contributed by atoms with Crippen LogP contribution in [-0.2, 0) is 9.59 Å². The van der Waals surface area contributed by atoms with Gasteiger partial charge in [0.1, 0.15) is 11.6 Å². The monoisotopic (exact) mass is 414 g/mol. The van der Waals surface area contributed by atoms with E-state index in [0.29, 0.717) is 30.5 Å². The summed E-state index contributed by atoms with van der Waals surface area (Å²) in [7, 11) is 0. The van der Waals surface area contributed by atoms with Crippen LogP contribution in [0.15, 0.2) is 12.2 Å². The Morgan fingerprint density at radius 1 is 1.17 bits per heavy atom. The second-order valence-electron chi connectivity index (χ2n) is 12.2. The van der Waals surface area contributed by atoms with Gasteiger partial charge in [-0.25, -0.2) is 0 Å². The molecule has 1 N–H and O–H groups in total. The molecule has 30 heavy (non-hydrogen) atoms. The van der Waals surface area contributed by atoms with Gasteiger partial charge >= 0.3 is 0 Å². The largest absolute Gasteiger partial charge is 0.390 e. The zero-order valence-corrected chi connectivity index (χ0v) is 19.7. The van der Waals surface area contributed by atoms with Crippen molar-refractivity contribution in [2.75, 3.05) is 0 Å². The lowest BCUT2D eigenvalue weighted by atomic mass is 9.44. The summed E-state index contributed by atoms with van der Waals surface area (Å²) in [6, 6.07) is 0. The van der Waals surface area contributed by atoms with Crippen molar-refractivity contribution in [3.63, 3.8) is 0 Å². The van der Waals surface area contributed by atoms with Crippen LogP contribution in [-0.4, -0.2) is 22.3 Å². The van der Waals surface area contributed by atoms with E-state index in [2.05, 4.69) is 39.8 Å². The van der Waals surface area contributed by atoms with Crippen LogP contribution in [0.5, 0.6) is 0 Å². The van der Waals surface area contributed by atoms with Gasteiger partial charge in [0.15, 0.2) is 0 Å². The van der Waals surface area contributed by atoms with Crippen LogP contribution in [0.2, 0.25) is 0 Å². The van der Waals surface area contributed by atoms with Gasteiger partial charge in [-0.2, -0.15) is 0 Å². The number of allylic oxidation sites excluding steroid dienone is 2. The first-order valence-electron chi connectivity index (χ1n) is 12.5. The van der Waals surface area contributed by atoms with E-state index >= 15 is 0 Å². The molecule has 3 heteroatoms. The molecule has 0 aromatic rings. The summed E-state index contributed by atoms with van der Waals surface area (Å²) < 4.78 is 0. The zero-order valence-electron chi connectivity index (χ0n) is 19.7. The van der Waals surface area contributed by atoms with Crippen molar-refractivity contribution >= 4 is 11.6 Å². The quantitative estimate of drug-likeness (QED) is 0.583. The van der Waals surface area contributed by atoms with Gasteiger partial charge in [0, 0.05) is 24.7 Å². The van der Waals surface area contributed by atoms with Gasteiger partial charge in [0.2, 0.25) is 0 Å². The van der Waals surface area contributed by atoms with Crippen LogP contribution in [0.25, 0.3) is 0 Å². The van der Waals surface area contributed by atoms with E-state index in [-0.39, 0.29) is 40.3 Å². The van der Waals surface area contributed by atoms with Crippen LogP contribution >= 0.6 is 0 Å². The number of aliphatic hydroxyl groups is 1. The van der Waals surface area contributed by atoms with Crippen LogP contribution in [0.1, 0.15) is 92.4 Å². The van der Waals surface area contributed by atoms with Gasteiger partial charge in [-0.1, -0.05) is 52.7 Å². The van der Waals surface area contributed by atoms with E-state index in [1.54, 1.807) is 0 Å². The standard InChI is InChI=1S/C27H42O3/c1-17(2)9-8-14-27(5,30)22-12-11-19-23-20(28)15-18-10-6-7-13-25(18,3)24(23)21(29)16-26(19,22)4/h7,13,17-19,22-24,30H,6,8-12,14-16H2,1-5H3. The third-order valence-electron chi connectivity index (χ3n) is 9.85. The minimum absolute atomic E-state index is 0.104. The molecule has 4 aliphatic rings. The van der Waals surface area contributed by atoms with Crippen LogP contribution in [0.4, 0.5) is 0 Å². The number of carbonyl (C=O) groups is 2. The van der Waals surface area contributed by atoms with Gasteiger partial charge in [0.05, 0.1) is 5.60 Å². The normalized spacial score (nSPS) is 45.1. The minimum Gasteiger partial charge on any atom is -0.390 e. The highest BCUT2D eigenvalue weighted by atomic mass is 16.3. The van der Waals surface area contributed by atoms with Gasteiger partial charge < -0.3 is 5.11 Å². The maximum absolute atomic E-state index is 13.7. The molecule has 8 unspecified atom stereocenters. The van der Waals surface area contributed by atoms with Crippen molar-refractivity contribution in [1.29, 1.82) is 0 Å². The summed E-state index contributed by atoms with van der Waals surface area (Å²) in [5.74, 6) is 1.63. The molecule has 8 atom stereocenters. The molecule has 4 rings (SSSR count). The highest BCUT2D eigenvalue weighted by Gasteiger charge is 2.66. The minimum atomic E-state index is -0.763. The Morgan fingerprint density at radius 3 is 2.60 bits per heavy atom. The van der Waals surface area contributed by atoms with E-state index in [9.17, 15) is 14.7 Å². The van der Waals surface area contributed by atoms with Crippen molar-refractivity contribution in [2.45, 2.75) is 98.0 Å². The lowest BCUT2D eigenvalue weighted by molar-refractivity contribution is -0.165. The van der Waals surface area contributed by atoms with Crippen LogP contribution < -0.4 is 0 Å². The first kappa shape index (κ1) is 22.2. The summed E-state index contributed by atoms with van der Waals surface area (Å²) >= 11 is 0. The predicted molar refractivity (Wildman–Crippen MR) is 120 cm³/mol. The Hall–Kier alpha value is -0.960. The SMILES string of the molecule is CC(C)CCCC(C)(O)C1CCC2C3C(=O)CC4CCC=CC4(C)C3C(=O)CC21C. The number of ketones is 2. The van der Waals surface area contributed by atoms with Crippen LogP contribution in [0.3, 0.4) is 0 Å². The molecular formula is C27H42O3. The number of carbonyl (C=O) groups excluding carboxylic acids is 2. The van der Waals surface area contributed by atoms with E-state index < -0.39 is 5.60 Å². The molecule has 4 aliphatic carbocycles. The Labute approximate surface area is 183 Å². The molecule has 0 aliphatic heterocycles.